The molecule has 0 aromatic rings. The summed E-state index contributed by atoms with van der Waals surface area (Å²) >= 11 is 0. The number of carbonyl (C=O) groups is 1. The highest BCUT2D eigenvalue weighted by Crippen LogP contribution is 2.61. The van der Waals surface area contributed by atoms with Crippen molar-refractivity contribution >= 4 is 5.78 Å². The third kappa shape index (κ3) is 1.94. The molecule has 4 fully saturated rings. The third-order valence-electron chi connectivity index (χ3n) is 5.40. The van der Waals surface area contributed by atoms with Crippen LogP contribution < -0.4 is 0 Å². The van der Waals surface area contributed by atoms with Crippen LogP contribution in [0.5, 0.6) is 0 Å². The predicted molar refractivity (Wildman–Crippen MR) is 65.1 cm³/mol. The van der Waals surface area contributed by atoms with Crippen LogP contribution in [0.25, 0.3) is 0 Å². The summed E-state index contributed by atoms with van der Waals surface area (Å²) in [6.07, 6.45) is 12.4. The van der Waals surface area contributed by atoms with Gasteiger partial charge in [0.2, 0.25) is 0 Å². The van der Waals surface area contributed by atoms with Crippen LogP contribution in [0.4, 0.5) is 0 Å². The molecule has 4 saturated carbocycles. The van der Waals surface area contributed by atoms with Crippen molar-refractivity contribution in [2.24, 2.45) is 23.2 Å². The maximum absolute atomic E-state index is 11.0. The van der Waals surface area contributed by atoms with Gasteiger partial charge < -0.3 is 4.79 Å². The van der Waals surface area contributed by atoms with Crippen LogP contribution >= 0.6 is 0 Å². The minimum absolute atomic E-state index is 0.379. The smallest absolute Gasteiger partial charge is 0.129 e. The topological polar surface area (TPSA) is 17.1 Å². The molecule has 0 atom stereocenters. The zero-order valence-electron chi connectivity index (χ0n) is 10.5. The van der Waals surface area contributed by atoms with Gasteiger partial charge in [-0.05, 0) is 81.5 Å². The zero-order chi connectivity index (χ0) is 11.2. The molecule has 0 aromatic heterocycles. The molecule has 4 bridgehead atoms. The summed E-state index contributed by atoms with van der Waals surface area (Å²) in [6, 6.07) is 0. The van der Waals surface area contributed by atoms with Crippen LogP contribution in [0.1, 0.15) is 64.7 Å². The molecule has 0 spiro atoms. The van der Waals surface area contributed by atoms with E-state index in [4.69, 9.17) is 0 Å². The van der Waals surface area contributed by atoms with E-state index >= 15 is 0 Å². The van der Waals surface area contributed by atoms with Crippen molar-refractivity contribution in [1.82, 2.24) is 0 Å². The average molecular weight is 220 g/mol. The number of carbonyl (C=O) groups excluding carboxylic acids is 1. The van der Waals surface area contributed by atoms with Gasteiger partial charge in [0, 0.05) is 6.42 Å². The molecule has 16 heavy (non-hydrogen) atoms. The molecular formula is C15H24O. The van der Waals surface area contributed by atoms with Crippen molar-refractivity contribution in [2.75, 3.05) is 0 Å². The van der Waals surface area contributed by atoms with E-state index in [1.165, 1.54) is 44.9 Å². The van der Waals surface area contributed by atoms with Gasteiger partial charge in [0.1, 0.15) is 5.78 Å². The van der Waals surface area contributed by atoms with E-state index < -0.39 is 0 Å². The maximum atomic E-state index is 11.0. The molecule has 0 aliphatic heterocycles. The van der Waals surface area contributed by atoms with Crippen LogP contribution in [0, 0.1) is 23.2 Å². The molecule has 0 heterocycles. The largest absolute Gasteiger partial charge is 0.300 e. The lowest BCUT2D eigenvalue weighted by Crippen LogP contribution is -2.45. The number of ketones is 1. The summed E-state index contributed by atoms with van der Waals surface area (Å²) in [6.45, 7) is 1.74. The Bertz CT molecular complexity index is 257. The second-order valence-electron chi connectivity index (χ2n) is 6.97. The third-order valence-corrected chi connectivity index (χ3v) is 5.40. The standard InChI is InChI=1S/C15H24O/c1-11(16)3-2-4-15-8-12-5-13(9-15)7-14(6-12)10-15/h12-14H,2-10H2,1H3. The summed E-state index contributed by atoms with van der Waals surface area (Å²) in [7, 11) is 0. The first-order valence-corrected chi connectivity index (χ1v) is 7.15. The highest BCUT2D eigenvalue weighted by Gasteiger charge is 2.50. The van der Waals surface area contributed by atoms with E-state index in [0.717, 1.165) is 30.6 Å². The maximum Gasteiger partial charge on any atom is 0.129 e. The number of Topliss-reactive ketones (excluding diaryl/α,β-unsaturated/α-hetero) is 1. The molecule has 0 N–H and O–H groups in total. The Labute approximate surface area is 99.0 Å². The van der Waals surface area contributed by atoms with Crippen molar-refractivity contribution in [3.05, 3.63) is 0 Å². The number of hydrogen-bond donors (Lipinski definition) is 0. The van der Waals surface area contributed by atoms with Crippen molar-refractivity contribution in [1.29, 1.82) is 0 Å². The lowest BCUT2D eigenvalue weighted by Gasteiger charge is -2.57. The molecule has 90 valence electrons. The van der Waals surface area contributed by atoms with Crippen LogP contribution in [0.2, 0.25) is 0 Å². The summed E-state index contributed by atoms with van der Waals surface area (Å²) in [4.78, 5) is 11.0. The fourth-order valence-corrected chi connectivity index (χ4v) is 5.31. The molecule has 0 unspecified atom stereocenters. The number of hydrogen-bond acceptors (Lipinski definition) is 1. The van der Waals surface area contributed by atoms with Gasteiger partial charge in [-0.15, -0.1) is 0 Å². The second kappa shape index (κ2) is 3.85. The van der Waals surface area contributed by atoms with Gasteiger partial charge >= 0.3 is 0 Å². The Hall–Kier alpha value is -0.330. The SMILES string of the molecule is CC(=O)CCCC12CC3CC(CC(C3)C1)C2. The Morgan fingerprint density at radius 2 is 1.56 bits per heavy atom. The molecule has 1 heteroatoms. The molecule has 4 aliphatic carbocycles. The van der Waals surface area contributed by atoms with Crippen LogP contribution in [0.3, 0.4) is 0 Å². The molecule has 1 nitrogen and oxygen atoms in total. The van der Waals surface area contributed by atoms with E-state index in [0.29, 0.717) is 11.2 Å². The van der Waals surface area contributed by atoms with Gasteiger partial charge in [0.05, 0.1) is 0 Å². The molecule has 0 radical (unpaired) electrons. The molecule has 0 amide bonds. The Balaban J connectivity index is 1.62. The van der Waals surface area contributed by atoms with Gasteiger partial charge in [-0.25, -0.2) is 0 Å². The summed E-state index contributed by atoms with van der Waals surface area (Å²) < 4.78 is 0. The second-order valence-corrected chi connectivity index (χ2v) is 6.97. The quantitative estimate of drug-likeness (QED) is 0.701. The molecule has 0 aromatic carbocycles. The van der Waals surface area contributed by atoms with Gasteiger partial charge in [0.25, 0.3) is 0 Å². The van der Waals surface area contributed by atoms with Crippen LogP contribution in [-0.2, 0) is 4.79 Å². The molecule has 4 rings (SSSR count). The van der Waals surface area contributed by atoms with Gasteiger partial charge in [0.15, 0.2) is 0 Å². The monoisotopic (exact) mass is 220 g/mol. The van der Waals surface area contributed by atoms with Crippen molar-refractivity contribution in [3.8, 4) is 0 Å². The van der Waals surface area contributed by atoms with Crippen molar-refractivity contribution < 1.29 is 4.79 Å². The lowest BCUT2D eigenvalue weighted by molar-refractivity contribution is -0.117. The van der Waals surface area contributed by atoms with E-state index in [2.05, 4.69) is 0 Å². The predicted octanol–water partition coefficient (Wildman–Crippen LogP) is 3.96. The summed E-state index contributed by atoms with van der Waals surface area (Å²) in [5.74, 6) is 3.56. The van der Waals surface area contributed by atoms with Gasteiger partial charge in [-0.3, -0.25) is 0 Å². The highest BCUT2D eigenvalue weighted by atomic mass is 16.1. The summed E-state index contributed by atoms with van der Waals surface area (Å²) in [5, 5.41) is 0. The van der Waals surface area contributed by atoms with Crippen LogP contribution in [-0.4, -0.2) is 5.78 Å². The molecular weight excluding hydrogens is 196 g/mol. The van der Waals surface area contributed by atoms with E-state index in [-0.39, 0.29) is 0 Å². The normalized spacial score (nSPS) is 44.9. The van der Waals surface area contributed by atoms with Gasteiger partial charge in [-0.1, -0.05) is 0 Å². The Morgan fingerprint density at radius 3 is 2.00 bits per heavy atom. The minimum atomic E-state index is 0.379. The molecule has 0 saturated heterocycles. The molecule has 4 aliphatic rings. The number of rotatable bonds is 4. The zero-order valence-corrected chi connectivity index (χ0v) is 10.5. The fraction of sp³-hybridized carbons (Fsp3) is 0.933. The first kappa shape index (κ1) is 10.8. The summed E-state index contributed by atoms with van der Waals surface area (Å²) in [5.41, 5.74) is 0.685. The van der Waals surface area contributed by atoms with E-state index in [1.807, 2.05) is 0 Å². The van der Waals surface area contributed by atoms with Crippen LogP contribution in [0.15, 0.2) is 0 Å². The minimum Gasteiger partial charge on any atom is -0.300 e. The Morgan fingerprint density at radius 1 is 1.06 bits per heavy atom. The van der Waals surface area contributed by atoms with E-state index in [9.17, 15) is 4.79 Å². The highest BCUT2D eigenvalue weighted by molar-refractivity contribution is 5.75. The lowest BCUT2D eigenvalue weighted by atomic mass is 9.48. The van der Waals surface area contributed by atoms with Crippen molar-refractivity contribution in [3.63, 3.8) is 0 Å². The first-order valence-electron chi connectivity index (χ1n) is 7.15. The fourth-order valence-electron chi connectivity index (χ4n) is 5.31. The average Bonchev–Trinajstić information content (AvgIpc) is 2.13. The first-order chi connectivity index (χ1) is 7.65. The van der Waals surface area contributed by atoms with Gasteiger partial charge in [-0.2, -0.15) is 0 Å². The van der Waals surface area contributed by atoms with E-state index in [1.54, 1.807) is 6.92 Å². The van der Waals surface area contributed by atoms with Crippen molar-refractivity contribution in [2.45, 2.75) is 64.7 Å². The Kier molecular flexibility index (Phi) is 2.60.